The lowest BCUT2D eigenvalue weighted by Gasteiger charge is -2.22. The molecule has 3 rings (SSSR count). The zero-order valence-corrected chi connectivity index (χ0v) is 16.5. The number of aromatic nitrogens is 1. The molecule has 1 aliphatic heterocycles. The number of carbonyl (C=O) groups is 2. The number of likely N-dealkylation sites (tertiary alicyclic amines) is 1. The molecule has 1 N–H and O–H groups in total. The summed E-state index contributed by atoms with van der Waals surface area (Å²) in [6.45, 7) is 5.90. The Morgan fingerprint density at radius 1 is 1.04 bits per heavy atom. The maximum atomic E-state index is 12.9. The zero-order chi connectivity index (χ0) is 19.4. The van der Waals surface area contributed by atoms with Gasteiger partial charge in [0.25, 0.3) is 11.8 Å². The molecule has 1 aromatic rings. The second kappa shape index (κ2) is 8.72. The van der Waals surface area contributed by atoms with Crippen molar-refractivity contribution in [2.45, 2.75) is 64.8 Å². The molecule has 2 heterocycles. The number of rotatable bonds is 5. The minimum Gasteiger partial charge on any atom is -0.352 e. The SMILES string of the molecule is CC(C)n1cc(C(=O)NCC2CCCCC2)c(=O)c(C(=O)N2CCCC2)c1. The Labute approximate surface area is 160 Å². The predicted molar refractivity (Wildman–Crippen MR) is 105 cm³/mol. The van der Waals surface area contributed by atoms with E-state index in [1.807, 2.05) is 13.8 Å². The van der Waals surface area contributed by atoms with E-state index < -0.39 is 5.43 Å². The molecule has 27 heavy (non-hydrogen) atoms. The predicted octanol–water partition coefficient (Wildman–Crippen LogP) is 2.98. The van der Waals surface area contributed by atoms with Crippen LogP contribution in [0.3, 0.4) is 0 Å². The molecule has 148 valence electrons. The minimum atomic E-state index is -0.454. The molecule has 0 atom stereocenters. The summed E-state index contributed by atoms with van der Waals surface area (Å²) in [6.07, 6.45) is 11.1. The third-order valence-electron chi connectivity index (χ3n) is 5.79. The van der Waals surface area contributed by atoms with Crippen LogP contribution in [0.1, 0.15) is 85.6 Å². The van der Waals surface area contributed by atoms with Crippen LogP contribution in [0.4, 0.5) is 0 Å². The van der Waals surface area contributed by atoms with Crippen LogP contribution in [0, 0.1) is 5.92 Å². The van der Waals surface area contributed by atoms with Gasteiger partial charge in [-0.15, -0.1) is 0 Å². The highest BCUT2D eigenvalue weighted by Gasteiger charge is 2.26. The number of hydrogen-bond donors (Lipinski definition) is 1. The van der Waals surface area contributed by atoms with Crippen LogP contribution in [0.5, 0.6) is 0 Å². The zero-order valence-electron chi connectivity index (χ0n) is 16.5. The number of amides is 2. The number of nitrogens with one attached hydrogen (secondary N) is 1. The Balaban J connectivity index is 1.83. The van der Waals surface area contributed by atoms with E-state index in [9.17, 15) is 14.4 Å². The van der Waals surface area contributed by atoms with Crippen LogP contribution in [0.2, 0.25) is 0 Å². The molecule has 1 saturated carbocycles. The van der Waals surface area contributed by atoms with Gasteiger partial charge >= 0.3 is 0 Å². The summed E-state index contributed by atoms with van der Waals surface area (Å²) in [4.78, 5) is 40.2. The first-order chi connectivity index (χ1) is 13.0. The molecule has 2 fully saturated rings. The monoisotopic (exact) mass is 373 g/mol. The molecule has 1 aromatic heterocycles. The molecule has 0 bridgehead atoms. The van der Waals surface area contributed by atoms with E-state index in [2.05, 4.69) is 5.32 Å². The number of pyridine rings is 1. The van der Waals surface area contributed by atoms with Crippen molar-refractivity contribution in [2.75, 3.05) is 19.6 Å². The Bertz CT molecular complexity index is 742. The van der Waals surface area contributed by atoms with Crippen LogP contribution >= 0.6 is 0 Å². The first-order valence-corrected chi connectivity index (χ1v) is 10.3. The van der Waals surface area contributed by atoms with Crippen LogP contribution in [0.15, 0.2) is 17.2 Å². The summed E-state index contributed by atoms with van der Waals surface area (Å²) in [7, 11) is 0. The van der Waals surface area contributed by atoms with Crippen molar-refractivity contribution >= 4 is 11.8 Å². The molecule has 0 spiro atoms. The van der Waals surface area contributed by atoms with Gasteiger partial charge in [0.15, 0.2) is 0 Å². The van der Waals surface area contributed by atoms with Gasteiger partial charge in [-0.25, -0.2) is 0 Å². The normalized spacial score (nSPS) is 18.1. The highest BCUT2D eigenvalue weighted by molar-refractivity contribution is 5.99. The second-order valence-corrected chi connectivity index (χ2v) is 8.17. The van der Waals surface area contributed by atoms with Crippen molar-refractivity contribution in [2.24, 2.45) is 5.92 Å². The van der Waals surface area contributed by atoms with Gasteiger partial charge in [0.1, 0.15) is 11.1 Å². The summed E-state index contributed by atoms with van der Waals surface area (Å²) in [5.74, 6) is -0.130. The second-order valence-electron chi connectivity index (χ2n) is 8.17. The molecule has 2 amide bonds. The average Bonchev–Trinajstić information content (AvgIpc) is 3.21. The lowest BCUT2D eigenvalue weighted by Crippen LogP contribution is -2.38. The smallest absolute Gasteiger partial charge is 0.259 e. The first kappa shape index (κ1) is 19.6. The molecule has 0 unspecified atom stereocenters. The first-order valence-electron chi connectivity index (χ1n) is 10.3. The van der Waals surface area contributed by atoms with Gasteiger partial charge in [0, 0.05) is 38.1 Å². The molecule has 1 saturated heterocycles. The van der Waals surface area contributed by atoms with Gasteiger partial charge in [-0.2, -0.15) is 0 Å². The molecule has 1 aliphatic carbocycles. The van der Waals surface area contributed by atoms with E-state index in [-0.39, 0.29) is 29.0 Å². The van der Waals surface area contributed by atoms with E-state index in [0.29, 0.717) is 25.6 Å². The largest absolute Gasteiger partial charge is 0.352 e. The van der Waals surface area contributed by atoms with Crippen molar-refractivity contribution in [3.8, 4) is 0 Å². The topological polar surface area (TPSA) is 71.4 Å². The van der Waals surface area contributed by atoms with E-state index >= 15 is 0 Å². The summed E-state index contributed by atoms with van der Waals surface area (Å²) < 4.78 is 1.79. The highest BCUT2D eigenvalue weighted by Crippen LogP contribution is 2.22. The third kappa shape index (κ3) is 4.60. The molecular weight excluding hydrogens is 342 g/mol. The fourth-order valence-electron chi connectivity index (χ4n) is 4.02. The lowest BCUT2D eigenvalue weighted by molar-refractivity contribution is 0.0790. The summed E-state index contributed by atoms with van der Waals surface area (Å²) in [6, 6.07) is 0.0561. The molecule has 6 heteroatoms. The number of hydrogen-bond acceptors (Lipinski definition) is 3. The van der Waals surface area contributed by atoms with Gasteiger partial charge in [-0.1, -0.05) is 19.3 Å². The summed E-state index contributed by atoms with van der Waals surface area (Å²) in [5, 5.41) is 2.93. The standard InChI is InChI=1S/C21H31N3O3/c1-15(2)24-13-17(20(26)22-12-16-8-4-3-5-9-16)19(25)18(14-24)21(27)23-10-6-7-11-23/h13-16H,3-12H2,1-2H3,(H,22,26). The summed E-state index contributed by atoms with van der Waals surface area (Å²) in [5.41, 5.74) is -0.273. The van der Waals surface area contributed by atoms with Crippen LogP contribution in [-0.2, 0) is 0 Å². The van der Waals surface area contributed by atoms with Gasteiger partial charge < -0.3 is 14.8 Å². The highest BCUT2D eigenvalue weighted by atomic mass is 16.2. The van der Waals surface area contributed by atoms with Gasteiger partial charge in [-0.3, -0.25) is 14.4 Å². The fourth-order valence-corrected chi connectivity index (χ4v) is 4.02. The minimum absolute atomic E-state index is 0.0561. The van der Waals surface area contributed by atoms with E-state index in [1.54, 1.807) is 21.9 Å². The molecule has 2 aliphatic rings. The maximum Gasteiger partial charge on any atom is 0.259 e. The van der Waals surface area contributed by atoms with Crippen molar-refractivity contribution < 1.29 is 9.59 Å². The van der Waals surface area contributed by atoms with E-state index in [0.717, 1.165) is 25.7 Å². The Kier molecular flexibility index (Phi) is 6.34. The van der Waals surface area contributed by atoms with Gasteiger partial charge in [0.2, 0.25) is 5.43 Å². The lowest BCUT2D eigenvalue weighted by atomic mass is 9.89. The summed E-state index contributed by atoms with van der Waals surface area (Å²) >= 11 is 0. The van der Waals surface area contributed by atoms with Crippen LogP contribution < -0.4 is 10.7 Å². The number of nitrogens with zero attached hydrogens (tertiary/aromatic N) is 2. The van der Waals surface area contributed by atoms with E-state index in [4.69, 9.17) is 0 Å². The third-order valence-corrected chi connectivity index (χ3v) is 5.79. The Morgan fingerprint density at radius 2 is 1.67 bits per heavy atom. The quantitative estimate of drug-likeness (QED) is 0.862. The Hall–Kier alpha value is -2.11. The van der Waals surface area contributed by atoms with Gasteiger partial charge in [0.05, 0.1) is 0 Å². The van der Waals surface area contributed by atoms with Gasteiger partial charge in [-0.05, 0) is 45.4 Å². The van der Waals surface area contributed by atoms with Crippen LogP contribution in [0.25, 0.3) is 0 Å². The van der Waals surface area contributed by atoms with Crippen molar-refractivity contribution in [1.29, 1.82) is 0 Å². The van der Waals surface area contributed by atoms with Crippen LogP contribution in [-0.4, -0.2) is 40.9 Å². The van der Waals surface area contributed by atoms with Crippen molar-refractivity contribution in [3.05, 3.63) is 33.7 Å². The molecule has 0 radical (unpaired) electrons. The molecular formula is C21H31N3O3. The molecule has 0 aromatic carbocycles. The van der Waals surface area contributed by atoms with Crippen molar-refractivity contribution in [1.82, 2.24) is 14.8 Å². The Morgan fingerprint density at radius 3 is 2.30 bits per heavy atom. The van der Waals surface area contributed by atoms with E-state index in [1.165, 1.54) is 19.3 Å². The average molecular weight is 373 g/mol. The maximum absolute atomic E-state index is 12.9. The number of carbonyl (C=O) groups excluding carboxylic acids is 2. The van der Waals surface area contributed by atoms with Crippen molar-refractivity contribution in [3.63, 3.8) is 0 Å². The fraction of sp³-hybridized carbons (Fsp3) is 0.667. The molecule has 6 nitrogen and oxygen atoms in total.